The van der Waals surface area contributed by atoms with Crippen LogP contribution in [0.1, 0.15) is 12.5 Å². The molecule has 4 nitrogen and oxygen atoms in total. The lowest BCUT2D eigenvalue weighted by Crippen LogP contribution is -2.48. The first-order valence-corrected chi connectivity index (χ1v) is 6.37. The first-order valence-electron chi connectivity index (χ1n) is 5.84. The predicted molar refractivity (Wildman–Crippen MR) is 71.5 cm³/mol. The van der Waals surface area contributed by atoms with Gasteiger partial charge in [-0.05, 0) is 12.5 Å². The lowest BCUT2D eigenvalue weighted by molar-refractivity contribution is -0.127. The zero-order chi connectivity index (χ0) is 13.4. The molecule has 1 atom stereocenters. The van der Waals surface area contributed by atoms with Crippen molar-refractivity contribution in [1.29, 1.82) is 0 Å². The van der Waals surface area contributed by atoms with Crippen LogP contribution in [-0.2, 0) is 16.0 Å². The molecule has 1 aromatic carbocycles. The standard InChI is InChI=1S/C13H17ClN2O2/c1-2-15-13(18)11(16-12(17)9-14)8-10-6-4-3-5-7-10/h3-7,11H,2,8-9H2,1H3,(H,15,18)(H,16,17). The topological polar surface area (TPSA) is 58.2 Å². The molecule has 0 spiro atoms. The van der Waals surface area contributed by atoms with E-state index in [9.17, 15) is 9.59 Å². The summed E-state index contributed by atoms with van der Waals surface area (Å²) >= 11 is 5.44. The SMILES string of the molecule is CCNC(=O)C(Cc1ccccc1)NC(=O)CCl. The number of rotatable bonds is 6. The molecular formula is C13H17ClN2O2. The van der Waals surface area contributed by atoms with Crippen molar-refractivity contribution >= 4 is 23.4 Å². The molecular weight excluding hydrogens is 252 g/mol. The van der Waals surface area contributed by atoms with Crippen molar-refractivity contribution in [2.24, 2.45) is 0 Å². The number of carbonyl (C=O) groups is 2. The summed E-state index contributed by atoms with van der Waals surface area (Å²) in [5.41, 5.74) is 0.989. The van der Waals surface area contributed by atoms with Crippen LogP contribution in [0.3, 0.4) is 0 Å². The molecule has 0 saturated heterocycles. The molecule has 98 valence electrons. The van der Waals surface area contributed by atoms with Gasteiger partial charge in [-0.2, -0.15) is 0 Å². The van der Waals surface area contributed by atoms with Crippen molar-refractivity contribution < 1.29 is 9.59 Å². The zero-order valence-electron chi connectivity index (χ0n) is 10.3. The van der Waals surface area contributed by atoms with E-state index >= 15 is 0 Å². The first-order chi connectivity index (χ1) is 8.67. The van der Waals surface area contributed by atoms with Gasteiger partial charge in [0.25, 0.3) is 0 Å². The second kappa shape index (κ2) is 7.71. The quantitative estimate of drug-likeness (QED) is 0.759. The van der Waals surface area contributed by atoms with Gasteiger partial charge in [-0.3, -0.25) is 9.59 Å². The number of alkyl halides is 1. The second-order valence-corrected chi connectivity index (χ2v) is 4.11. The highest BCUT2D eigenvalue weighted by atomic mass is 35.5. The molecule has 0 aliphatic heterocycles. The Morgan fingerprint density at radius 3 is 2.50 bits per heavy atom. The third kappa shape index (κ3) is 4.75. The number of amides is 2. The lowest BCUT2D eigenvalue weighted by atomic mass is 10.1. The molecule has 0 fully saturated rings. The van der Waals surface area contributed by atoms with Gasteiger partial charge in [-0.25, -0.2) is 0 Å². The summed E-state index contributed by atoms with van der Waals surface area (Å²) in [5, 5.41) is 5.32. The van der Waals surface area contributed by atoms with E-state index < -0.39 is 6.04 Å². The van der Waals surface area contributed by atoms with Crippen molar-refractivity contribution in [3.05, 3.63) is 35.9 Å². The van der Waals surface area contributed by atoms with Gasteiger partial charge in [0.1, 0.15) is 11.9 Å². The summed E-state index contributed by atoms with van der Waals surface area (Å²) in [6, 6.07) is 8.94. The molecule has 1 aromatic rings. The summed E-state index contributed by atoms with van der Waals surface area (Å²) in [6.07, 6.45) is 0.454. The van der Waals surface area contributed by atoms with E-state index in [2.05, 4.69) is 10.6 Å². The molecule has 0 aromatic heterocycles. The minimum absolute atomic E-state index is 0.148. The van der Waals surface area contributed by atoms with Gasteiger partial charge in [0.2, 0.25) is 11.8 Å². The van der Waals surface area contributed by atoms with Crippen LogP contribution < -0.4 is 10.6 Å². The van der Waals surface area contributed by atoms with Gasteiger partial charge in [-0.1, -0.05) is 30.3 Å². The van der Waals surface area contributed by atoms with Crippen molar-refractivity contribution in [3.63, 3.8) is 0 Å². The van der Waals surface area contributed by atoms with Crippen LogP contribution in [0.25, 0.3) is 0 Å². The second-order valence-electron chi connectivity index (χ2n) is 3.84. The highest BCUT2D eigenvalue weighted by Gasteiger charge is 2.19. The maximum Gasteiger partial charge on any atom is 0.242 e. The van der Waals surface area contributed by atoms with Crippen molar-refractivity contribution in [1.82, 2.24) is 10.6 Å². The van der Waals surface area contributed by atoms with E-state index in [0.29, 0.717) is 13.0 Å². The summed E-state index contributed by atoms with van der Waals surface area (Å²) in [5.74, 6) is -0.686. The van der Waals surface area contributed by atoms with E-state index in [1.54, 1.807) is 0 Å². The fourth-order valence-corrected chi connectivity index (χ4v) is 1.67. The van der Waals surface area contributed by atoms with Gasteiger partial charge < -0.3 is 10.6 Å². The fraction of sp³-hybridized carbons (Fsp3) is 0.385. The highest BCUT2D eigenvalue weighted by molar-refractivity contribution is 6.27. The highest BCUT2D eigenvalue weighted by Crippen LogP contribution is 2.03. The van der Waals surface area contributed by atoms with E-state index in [-0.39, 0.29) is 17.7 Å². The Morgan fingerprint density at radius 2 is 1.94 bits per heavy atom. The summed E-state index contributed by atoms with van der Waals surface area (Å²) in [7, 11) is 0. The summed E-state index contributed by atoms with van der Waals surface area (Å²) < 4.78 is 0. The Kier molecular flexibility index (Phi) is 6.22. The van der Waals surface area contributed by atoms with Crippen LogP contribution >= 0.6 is 11.6 Å². The maximum absolute atomic E-state index is 11.8. The number of carbonyl (C=O) groups excluding carboxylic acids is 2. The van der Waals surface area contributed by atoms with Gasteiger partial charge in [0, 0.05) is 13.0 Å². The Hall–Kier alpha value is -1.55. The predicted octanol–water partition coefficient (Wildman–Crippen LogP) is 1.09. The number of hydrogen-bond donors (Lipinski definition) is 2. The van der Waals surface area contributed by atoms with Crippen LogP contribution in [0.2, 0.25) is 0 Å². The third-order valence-electron chi connectivity index (χ3n) is 2.41. The monoisotopic (exact) mass is 268 g/mol. The van der Waals surface area contributed by atoms with E-state index in [0.717, 1.165) is 5.56 Å². The minimum Gasteiger partial charge on any atom is -0.355 e. The molecule has 0 aliphatic carbocycles. The molecule has 2 amide bonds. The minimum atomic E-state index is -0.585. The van der Waals surface area contributed by atoms with Crippen LogP contribution in [0.15, 0.2) is 30.3 Å². The Labute approximate surface area is 112 Å². The van der Waals surface area contributed by atoms with Gasteiger partial charge >= 0.3 is 0 Å². The molecule has 18 heavy (non-hydrogen) atoms. The largest absolute Gasteiger partial charge is 0.355 e. The number of likely N-dealkylation sites (N-methyl/N-ethyl adjacent to an activating group) is 1. The van der Waals surface area contributed by atoms with Crippen molar-refractivity contribution in [2.75, 3.05) is 12.4 Å². The van der Waals surface area contributed by atoms with Crippen LogP contribution in [0, 0.1) is 0 Å². The zero-order valence-corrected chi connectivity index (χ0v) is 11.0. The van der Waals surface area contributed by atoms with E-state index in [1.165, 1.54) is 0 Å². The summed E-state index contributed by atoms with van der Waals surface area (Å²) in [6.45, 7) is 2.36. The summed E-state index contributed by atoms with van der Waals surface area (Å²) in [4.78, 5) is 23.1. The Bertz CT molecular complexity index is 395. The molecule has 0 aliphatic rings. The Morgan fingerprint density at radius 1 is 1.28 bits per heavy atom. The van der Waals surface area contributed by atoms with Gasteiger partial charge in [0.15, 0.2) is 0 Å². The van der Waals surface area contributed by atoms with Gasteiger partial charge in [-0.15, -0.1) is 11.6 Å². The van der Waals surface area contributed by atoms with E-state index in [4.69, 9.17) is 11.6 Å². The van der Waals surface area contributed by atoms with Crippen molar-refractivity contribution in [3.8, 4) is 0 Å². The smallest absolute Gasteiger partial charge is 0.242 e. The number of hydrogen-bond acceptors (Lipinski definition) is 2. The number of halogens is 1. The normalized spacial score (nSPS) is 11.7. The van der Waals surface area contributed by atoms with Gasteiger partial charge in [0.05, 0.1) is 0 Å². The van der Waals surface area contributed by atoms with E-state index in [1.807, 2.05) is 37.3 Å². The molecule has 1 rings (SSSR count). The molecule has 0 heterocycles. The molecule has 0 radical (unpaired) electrons. The number of nitrogens with one attached hydrogen (secondary N) is 2. The first kappa shape index (κ1) is 14.5. The average Bonchev–Trinajstić information content (AvgIpc) is 2.39. The molecule has 0 saturated carbocycles. The third-order valence-corrected chi connectivity index (χ3v) is 2.65. The Balaban J connectivity index is 2.71. The molecule has 2 N–H and O–H groups in total. The average molecular weight is 269 g/mol. The lowest BCUT2D eigenvalue weighted by Gasteiger charge is -2.17. The van der Waals surface area contributed by atoms with Crippen LogP contribution in [0.5, 0.6) is 0 Å². The van der Waals surface area contributed by atoms with Crippen molar-refractivity contribution in [2.45, 2.75) is 19.4 Å². The molecule has 0 bridgehead atoms. The van der Waals surface area contributed by atoms with Crippen LogP contribution in [-0.4, -0.2) is 30.3 Å². The molecule has 1 unspecified atom stereocenters. The maximum atomic E-state index is 11.8. The molecule has 5 heteroatoms. The number of benzene rings is 1. The fourth-order valence-electron chi connectivity index (χ4n) is 1.59. The van der Waals surface area contributed by atoms with Crippen LogP contribution in [0.4, 0.5) is 0 Å².